The molecule has 0 bridgehead atoms. The van der Waals surface area contributed by atoms with Crippen LogP contribution < -0.4 is 10.6 Å². The molecule has 4 heteroatoms. The molecule has 0 aromatic carbocycles. The Morgan fingerprint density at radius 2 is 2.00 bits per heavy atom. The molecule has 0 amide bonds. The molecule has 2 rings (SSSR count). The minimum absolute atomic E-state index is 0.227. The number of nitrogen functional groups attached to an aromatic ring is 1. The summed E-state index contributed by atoms with van der Waals surface area (Å²) >= 11 is 0. The number of nitrogens with zero attached hydrogens (tertiary/aromatic N) is 2. The maximum Gasteiger partial charge on any atom is 0.152 e. The quantitative estimate of drug-likeness (QED) is 0.782. The van der Waals surface area contributed by atoms with Gasteiger partial charge in [0.15, 0.2) is 5.82 Å². The standard InChI is InChI=1S/C12H19N3O/c1-8-4-5-14-12(11(8)13)15-6-9(2)16-10(3)7-15/h4-5,9-10H,6-7,13H2,1-3H3/t9-,10+. The second-order valence-electron chi connectivity index (χ2n) is 4.53. The Balaban J connectivity index is 2.26. The van der Waals surface area contributed by atoms with E-state index in [1.165, 1.54) is 0 Å². The Labute approximate surface area is 96.4 Å². The van der Waals surface area contributed by atoms with E-state index in [0.29, 0.717) is 0 Å². The number of hydrogen-bond acceptors (Lipinski definition) is 4. The largest absolute Gasteiger partial charge is 0.396 e. The molecule has 2 N–H and O–H groups in total. The summed E-state index contributed by atoms with van der Waals surface area (Å²) in [4.78, 5) is 6.59. The average Bonchev–Trinajstić information content (AvgIpc) is 2.20. The van der Waals surface area contributed by atoms with Crippen LogP contribution in [0.2, 0.25) is 0 Å². The number of morpholine rings is 1. The number of ether oxygens (including phenoxy) is 1. The van der Waals surface area contributed by atoms with E-state index in [1.54, 1.807) is 0 Å². The van der Waals surface area contributed by atoms with E-state index in [4.69, 9.17) is 10.5 Å². The van der Waals surface area contributed by atoms with Gasteiger partial charge in [0, 0.05) is 19.3 Å². The molecule has 1 aliphatic heterocycles. The number of aryl methyl sites for hydroxylation is 1. The van der Waals surface area contributed by atoms with Crippen molar-refractivity contribution in [2.75, 3.05) is 23.7 Å². The first kappa shape index (κ1) is 11.2. The van der Waals surface area contributed by atoms with E-state index >= 15 is 0 Å². The van der Waals surface area contributed by atoms with Crippen molar-refractivity contribution in [3.63, 3.8) is 0 Å². The molecule has 16 heavy (non-hydrogen) atoms. The van der Waals surface area contributed by atoms with Gasteiger partial charge in [0.2, 0.25) is 0 Å². The third-order valence-electron chi connectivity index (χ3n) is 2.91. The van der Waals surface area contributed by atoms with Gasteiger partial charge >= 0.3 is 0 Å². The number of aromatic nitrogens is 1. The topological polar surface area (TPSA) is 51.4 Å². The molecule has 2 heterocycles. The highest BCUT2D eigenvalue weighted by Crippen LogP contribution is 2.26. The van der Waals surface area contributed by atoms with E-state index in [1.807, 2.05) is 19.2 Å². The first-order chi connectivity index (χ1) is 7.58. The molecule has 4 nitrogen and oxygen atoms in total. The summed E-state index contributed by atoms with van der Waals surface area (Å²) in [5, 5.41) is 0. The Bertz CT molecular complexity index is 371. The van der Waals surface area contributed by atoms with Crippen LogP contribution in [0.1, 0.15) is 19.4 Å². The zero-order chi connectivity index (χ0) is 11.7. The van der Waals surface area contributed by atoms with Gasteiger partial charge < -0.3 is 15.4 Å². The highest BCUT2D eigenvalue weighted by atomic mass is 16.5. The third-order valence-corrected chi connectivity index (χ3v) is 2.91. The zero-order valence-corrected chi connectivity index (χ0v) is 10.1. The van der Waals surface area contributed by atoms with Crippen LogP contribution >= 0.6 is 0 Å². The molecule has 0 unspecified atom stereocenters. The summed E-state index contributed by atoms with van der Waals surface area (Å²) in [5.74, 6) is 0.891. The first-order valence-corrected chi connectivity index (χ1v) is 5.69. The number of anilines is 2. The molecule has 0 saturated carbocycles. The minimum atomic E-state index is 0.227. The van der Waals surface area contributed by atoms with Crippen molar-refractivity contribution in [2.24, 2.45) is 0 Å². The van der Waals surface area contributed by atoms with Crippen molar-refractivity contribution in [2.45, 2.75) is 33.0 Å². The second-order valence-corrected chi connectivity index (χ2v) is 4.53. The van der Waals surface area contributed by atoms with Crippen molar-refractivity contribution in [1.82, 2.24) is 4.98 Å². The van der Waals surface area contributed by atoms with Gasteiger partial charge in [-0.1, -0.05) is 0 Å². The maximum atomic E-state index is 6.06. The van der Waals surface area contributed by atoms with E-state index in [9.17, 15) is 0 Å². The van der Waals surface area contributed by atoms with Crippen molar-refractivity contribution in [3.05, 3.63) is 17.8 Å². The van der Waals surface area contributed by atoms with Gasteiger partial charge in [0.25, 0.3) is 0 Å². The predicted molar refractivity (Wildman–Crippen MR) is 65.6 cm³/mol. The van der Waals surface area contributed by atoms with Crippen molar-refractivity contribution in [3.8, 4) is 0 Å². The van der Waals surface area contributed by atoms with Gasteiger partial charge in [0.05, 0.1) is 17.9 Å². The predicted octanol–water partition coefficient (Wildman–Crippen LogP) is 1.59. The van der Waals surface area contributed by atoms with Gasteiger partial charge in [0.1, 0.15) is 0 Å². The van der Waals surface area contributed by atoms with Crippen LogP contribution in [0.4, 0.5) is 11.5 Å². The average molecular weight is 221 g/mol. The van der Waals surface area contributed by atoms with Crippen LogP contribution in [-0.4, -0.2) is 30.3 Å². The Morgan fingerprint density at radius 1 is 1.38 bits per heavy atom. The molecule has 0 radical (unpaired) electrons. The maximum absolute atomic E-state index is 6.06. The molecule has 1 saturated heterocycles. The third kappa shape index (κ3) is 2.11. The van der Waals surface area contributed by atoms with Gasteiger partial charge in [-0.15, -0.1) is 0 Å². The molecule has 0 aliphatic carbocycles. The van der Waals surface area contributed by atoms with Crippen LogP contribution in [0.3, 0.4) is 0 Å². The number of rotatable bonds is 1. The Kier molecular flexibility index (Phi) is 3.01. The van der Waals surface area contributed by atoms with Crippen LogP contribution in [0, 0.1) is 6.92 Å². The van der Waals surface area contributed by atoms with Crippen LogP contribution in [0.5, 0.6) is 0 Å². The lowest BCUT2D eigenvalue weighted by Gasteiger charge is -2.36. The molecule has 1 aromatic heterocycles. The summed E-state index contributed by atoms with van der Waals surface area (Å²) in [6.07, 6.45) is 2.27. The summed E-state index contributed by atoms with van der Waals surface area (Å²) in [6.45, 7) is 7.87. The highest BCUT2D eigenvalue weighted by Gasteiger charge is 2.24. The molecular weight excluding hydrogens is 202 g/mol. The smallest absolute Gasteiger partial charge is 0.152 e. The van der Waals surface area contributed by atoms with Crippen molar-refractivity contribution >= 4 is 11.5 Å². The fourth-order valence-corrected chi connectivity index (χ4v) is 2.16. The monoisotopic (exact) mass is 221 g/mol. The van der Waals surface area contributed by atoms with Crippen molar-refractivity contribution in [1.29, 1.82) is 0 Å². The fourth-order valence-electron chi connectivity index (χ4n) is 2.16. The van der Waals surface area contributed by atoms with Gasteiger partial charge in [-0.25, -0.2) is 4.98 Å². The molecular formula is C12H19N3O. The molecule has 1 fully saturated rings. The van der Waals surface area contributed by atoms with Crippen LogP contribution in [0.25, 0.3) is 0 Å². The molecule has 2 atom stereocenters. The van der Waals surface area contributed by atoms with Crippen molar-refractivity contribution < 1.29 is 4.74 Å². The van der Waals surface area contributed by atoms with Crippen LogP contribution in [0.15, 0.2) is 12.3 Å². The molecule has 88 valence electrons. The minimum Gasteiger partial charge on any atom is -0.396 e. The Hall–Kier alpha value is -1.29. The Morgan fingerprint density at radius 3 is 2.62 bits per heavy atom. The normalized spacial score (nSPS) is 25.8. The summed E-state index contributed by atoms with van der Waals surface area (Å²) in [5.41, 5.74) is 7.92. The lowest BCUT2D eigenvalue weighted by Crippen LogP contribution is -2.46. The van der Waals surface area contributed by atoms with Crippen LogP contribution in [-0.2, 0) is 4.74 Å². The SMILES string of the molecule is Cc1ccnc(N2C[C@@H](C)O[C@@H](C)C2)c1N. The van der Waals surface area contributed by atoms with Gasteiger partial charge in [-0.2, -0.15) is 0 Å². The fraction of sp³-hybridized carbons (Fsp3) is 0.583. The molecule has 1 aromatic rings. The summed E-state index contributed by atoms with van der Waals surface area (Å²) < 4.78 is 5.70. The van der Waals surface area contributed by atoms with Gasteiger partial charge in [-0.3, -0.25) is 0 Å². The number of hydrogen-bond donors (Lipinski definition) is 1. The molecule has 0 spiro atoms. The number of nitrogens with two attached hydrogens (primary N) is 1. The zero-order valence-electron chi connectivity index (χ0n) is 10.1. The highest BCUT2D eigenvalue weighted by molar-refractivity contribution is 5.66. The first-order valence-electron chi connectivity index (χ1n) is 5.69. The number of pyridine rings is 1. The molecule has 1 aliphatic rings. The van der Waals surface area contributed by atoms with E-state index in [0.717, 1.165) is 30.2 Å². The van der Waals surface area contributed by atoms with E-state index in [-0.39, 0.29) is 12.2 Å². The lowest BCUT2D eigenvalue weighted by molar-refractivity contribution is -0.00541. The lowest BCUT2D eigenvalue weighted by atomic mass is 10.2. The van der Waals surface area contributed by atoms with Gasteiger partial charge in [-0.05, 0) is 32.4 Å². The summed E-state index contributed by atoms with van der Waals surface area (Å²) in [6, 6.07) is 1.94. The van der Waals surface area contributed by atoms with E-state index in [2.05, 4.69) is 23.7 Å². The summed E-state index contributed by atoms with van der Waals surface area (Å²) in [7, 11) is 0. The second kappa shape index (κ2) is 4.29. The van der Waals surface area contributed by atoms with E-state index < -0.39 is 0 Å².